The van der Waals surface area contributed by atoms with Crippen LogP contribution < -0.4 is 5.56 Å². The van der Waals surface area contributed by atoms with Crippen LogP contribution in [0, 0.1) is 5.82 Å². The van der Waals surface area contributed by atoms with Crippen molar-refractivity contribution < 1.29 is 4.39 Å². The molecule has 0 amide bonds. The molecule has 0 saturated heterocycles. The van der Waals surface area contributed by atoms with E-state index in [0.29, 0.717) is 17.3 Å². The molecule has 3 nitrogen and oxygen atoms in total. The fourth-order valence-electron chi connectivity index (χ4n) is 2.94. The maximum atomic E-state index is 14.2. The van der Waals surface area contributed by atoms with Crippen LogP contribution in [0.1, 0.15) is 12.5 Å². The molecule has 110 valence electrons. The van der Waals surface area contributed by atoms with Crippen LogP contribution in [0.3, 0.4) is 0 Å². The number of thioether (sulfide) groups is 1. The van der Waals surface area contributed by atoms with Gasteiger partial charge in [0.2, 0.25) is 0 Å². The van der Waals surface area contributed by atoms with Crippen LogP contribution in [0.15, 0.2) is 52.3 Å². The van der Waals surface area contributed by atoms with Gasteiger partial charge in [0.15, 0.2) is 0 Å². The van der Waals surface area contributed by atoms with Crippen molar-refractivity contribution in [3.63, 3.8) is 0 Å². The van der Waals surface area contributed by atoms with Crippen molar-refractivity contribution in [1.29, 1.82) is 0 Å². The van der Waals surface area contributed by atoms with Crippen LogP contribution in [0.2, 0.25) is 0 Å². The maximum absolute atomic E-state index is 14.2. The molecule has 1 aromatic carbocycles. The van der Waals surface area contributed by atoms with E-state index in [9.17, 15) is 9.18 Å². The predicted octanol–water partition coefficient (Wildman–Crippen LogP) is 3.56. The summed E-state index contributed by atoms with van der Waals surface area (Å²) >= 11 is 1.70. The predicted molar refractivity (Wildman–Crippen MR) is 86.3 cm³/mol. The van der Waals surface area contributed by atoms with Gasteiger partial charge in [0.1, 0.15) is 11.5 Å². The van der Waals surface area contributed by atoms with Crippen LogP contribution in [0.4, 0.5) is 4.39 Å². The lowest BCUT2D eigenvalue weighted by Crippen LogP contribution is -2.24. The van der Waals surface area contributed by atoms with E-state index in [1.807, 2.05) is 12.1 Å². The van der Waals surface area contributed by atoms with Gasteiger partial charge in [0.05, 0.1) is 5.69 Å². The lowest BCUT2D eigenvalue weighted by Gasteiger charge is -2.13. The molecule has 1 aliphatic heterocycles. The Hall–Kier alpha value is -2.14. The largest absolute Gasteiger partial charge is 0.269 e. The Morgan fingerprint density at radius 1 is 1.27 bits per heavy atom. The molecule has 2 aromatic heterocycles. The normalized spacial score (nSPS) is 16.9. The van der Waals surface area contributed by atoms with E-state index in [1.54, 1.807) is 36.2 Å². The molecule has 22 heavy (non-hydrogen) atoms. The van der Waals surface area contributed by atoms with Gasteiger partial charge in [-0.3, -0.25) is 9.36 Å². The summed E-state index contributed by atoms with van der Waals surface area (Å²) in [5.41, 5.74) is 1.37. The summed E-state index contributed by atoms with van der Waals surface area (Å²) in [7, 11) is 0. The Kier molecular flexibility index (Phi) is 3.04. The molecule has 1 aliphatic rings. The Morgan fingerprint density at radius 2 is 2.09 bits per heavy atom. The fourth-order valence-corrected chi connectivity index (χ4v) is 4.20. The van der Waals surface area contributed by atoms with Crippen molar-refractivity contribution in [2.75, 3.05) is 0 Å². The molecule has 0 saturated carbocycles. The first-order valence-corrected chi connectivity index (χ1v) is 7.99. The molecule has 0 bridgehead atoms. The van der Waals surface area contributed by atoms with E-state index in [4.69, 9.17) is 0 Å². The van der Waals surface area contributed by atoms with Gasteiger partial charge < -0.3 is 0 Å². The summed E-state index contributed by atoms with van der Waals surface area (Å²) in [6.45, 7) is 2.10. The second kappa shape index (κ2) is 4.95. The van der Waals surface area contributed by atoms with Crippen molar-refractivity contribution in [3.05, 3.63) is 64.3 Å². The second-order valence-electron chi connectivity index (χ2n) is 5.41. The molecule has 3 heterocycles. The SMILES string of the molecule is CC1Cc2c(c3cccnc3n(-c3ccccc3F)c2=O)S1. The van der Waals surface area contributed by atoms with Gasteiger partial charge in [-0.05, 0) is 30.7 Å². The van der Waals surface area contributed by atoms with Crippen molar-refractivity contribution in [1.82, 2.24) is 9.55 Å². The van der Waals surface area contributed by atoms with Gasteiger partial charge >= 0.3 is 0 Å². The molecule has 1 atom stereocenters. The van der Waals surface area contributed by atoms with E-state index in [1.165, 1.54) is 10.6 Å². The molecule has 4 rings (SSSR count). The molecule has 0 spiro atoms. The third-order valence-electron chi connectivity index (χ3n) is 3.88. The summed E-state index contributed by atoms with van der Waals surface area (Å²) < 4.78 is 15.6. The van der Waals surface area contributed by atoms with E-state index in [0.717, 1.165) is 15.8 Å². The van der Waals surface area contributed by atoms with Crippen LogP contribution in [0.25, 0.3) is 16.7 Å². The Labute approximate surface area is 130 Å². The Bertz CT molecular complexity index is 951. The van der Waals surface area contributed by atoms with Gasteiger partial charge in [-0.25, -0.2) is 9.37 Å². The molecule has 1 unspecified atom stereocenters. The number of hydrogen-bond acceptors (Lipinski definition) is 3. The van der Waals surface area contributed by atoms with Crippen LogP contribution in [0.5, 0.6) is 0 Å². The van der Waals surface area contributed by atoms with Crippen LogP contribution >= 0.6 is 11.8 Å². The lowest BCUT2D eigenvalue weighted by molar-refractivity contribution is 0.617. The number of para-hydroxylation sites is 1. The number of rotatable bonds is 1. The average molecular weight is 312 g/mol. The smallest absolute Gasteiger partial charge is 0.261 e. The van der Waals surface area contributed by atoms with E-state index < -0.39 is 5.82 Å². The van der Waals surface area contributed by atoms with Gasteiger partial charge in [-0.15, -0.1) is 11.8 Å². The van der Waals surface area contributed by atoms with E-state index in [2.05, 4.69) is 11.9 Å². The highest BCUT2D eigenvalue weighted by molar-refractivity contribution is 8.00. The minimum absolute atomic E-state index is 0.164. The summed E-state index contributed by atoms with van der Waals surface area (Å²) in [5, 5.41) is 1.26. The maximum Gasteiger partial charge on any atom is 0.261 e. The summed E-state index contributed by atoms with van der Waals surface area (Å²) in [6.07, 6.45) is 2.34. The number of pyridine rings is 2. The lowest BCUT2D eigenvalue weighted by atomic mass is 10.1. The topological polar surface area (TPSA) is 34.9 Å². The third-order valence-corrected chi connectivity index (χ3v) is 5.15. The zero-order chi connectivity index (χ0) is 15.3. The standard InChI is InChI=1S/C17H13FN2OS/c1-10-9-12-15(22-10)11-5-4-8-19-16(11)20(17(12)21)14-7-3-2-6-13(14)18/h2-8,10H,9H2,1H3. The molecule has 0 fully saturated rings. The van der Waals surface area contributed by atoms with Crippen molar-refractivity contribution in [3.8, 4) is 5.69 Å². The minimum atomic E-state index is -0.421. The number of hydrogen-bond donors (Lipinski definition) is 0. The van der Waals surface area contributed by atoms with Crippen molar-refractivity contribution >= 4 is 22.8 Å². The highest BCUT2D eigenvalue weighted by atomic mass is 32.2. The first-order chi connectivity index (χ1) is 10.7. The van der Waals surface area contributed by atoms with Crippen molar-refractivity contribution in [2.24, 2.45) is 0 Å². The number of aromatic nitrogens is 2. The molecule has 3 aromatic rings. The van der Waals surface area contributed by atoms with Crippen molar-refractivity contribution in [2.45, 2.75) is 23.5 Å². The summed E-state index contributed by atoms with van der Waals surface area (Å²) in [5.74, 6) is -0.421. The Morgan fingerprint density at radius 3 is 2.91 bits per heavy atom. The molecular formula is C17H13FN2OS. The van der Waals surface area contributed by atoms with E-state index >= 15 is 0 Å². The van der Waals surface area contributed by atoms with Gasteiger partial charge in [0, 0.05) is 27.3 Å². The zero-order valence-electron chi connectivity index (χ0n) is 11.9. The number of halogens is 1. The molecule has 0 radical (unpaired) electrons. The molecular weight excluding hydrogens is 299 g/mol. The Balaban J connectivity index is 2.17. The molecule has 5 heteroatoms. The molecule has 0 N–H and O–H groups in total. The fraction of sp³-hybridized carbons (Fsp3) is 0.176. The highest BCUT2D eigenvalue weighted by Gasteiger charge is 2.27. The zero-order valence-corrected chi connectivity index (χ0v) is 12.7. The van der Waals surface area contributed by atoms with Crippen LogP contribution in [-0.4, -0.2) is 14.8 Å². The van der Waals surface area contributed by atoms with Gasteiger partial charge in [-0.2, -0.15) is 0 Å². The monoisotopic (exact) mass is 312 g/mol. The van der Waals surface area contributed by atoms with Gasteiger partial charge in [0.25, 0.3) is 5.56 Å². The minimum Gasteiger partial charge on any atom is -0.269 e. The van der Waals surface area contributed by atoms with Crippen LogP contribution in [-0.2, 0) is 6.42 Å². The quantitative estimate of drug-likeness (QED) is 0.689. The van der Waals surface area contributed by atoms with Gasteiger partial charge in [-0.1, -0.05) is 19.1 Å². The number of benzene rings is 1. The average Bonchev–Trinajstić information content (AvgIpc) is 2.92. The first kappa shape index (κ1) is 13.5. The second-order valence-corrected chi connectivity index (χ2v) is 6.86. The van der Waals surface area contributed by atoms with E-state index in [-0.39, 0.29) is 11.2 Å². The number of fused-ring (bicyclic) bond motifs is 3. The third kappa shape index (κ3) is 1.89. The number of nitrogens with zero attached hydrogens (tertiary/aromatic N) is 2. The summed E-state index contributed by atoms with van der Waals surface area (Å²) in [6, 6.07) is 10.1. The molecule has 0 aliphatic carbocycles. The first-order valence-electron chi connectivity index (χ1n) is 7.11. The summed E-state index contributed by atoms with van der Waals surface area (Å²) in [4.78, 5) is 18.3. The highest BCUT2D eigenvalue weighted by Crippen LogP contribution is 2.39.